The van der Waals surface area contributed by atoms with Crippen molar-refractivity contribution in [1.82, 2.24) is 5.32 Å². The zero-order valence-electron chi connectivity index (χ0n) is 12.5. The van der Waals surface area contributed by atoms with Crippen LogP contribution in [0.5, 0.6) is 0 Å². The van der Waals surface area contributed by atoms with E-state index in [1.165, 1.54) is 5.56 Å². The number of nitriles is 1. The van der Waals surface area contributed by atoms with E-state index in [0.717, 1.165) is 37.3 Å². The minimum Gasteiger partial charge on any atom is -0.373 e. The fraction of sp³-hybridized carbons (Fsp3) is 0.562. The minimum atomic E-state index is 0.637. The molecular weight excluding hydrogens is 234 g/mol. The third-order valence-electron chi connectivity index (χ3n) is 3.45. The average molecular weight is 259 g/mol. The topological polar surface area (TPSA) is 39.1 Å². The van der Waals surface area contributed by atoms with Crippen LogP contribution in [0.25, 0.3) is 0 Å². The molecule has 1 atom stereocenters. The Bertz CT molecular complexity index is 434. The summed E-state index contributed by atoms with van der Waals surface area (Å²) in [6.07, 6.45) is 1.16. The number of rotatable bonds is 7. The highest BCUT2D eigenvalue weighted by atomic mass is 15.1. The first-order valence-corrected chi connectivity index (χ1v) is 7.07. The quantitative estimate of drug-likeness (QED) is 0.817. The van der Waals surface area contributed by atoms with Gasteiger partial charge in [0, 0.05) is 20.1 Å². The smallest absolute Gasteiger partial charge is 0.101 e. The van der Waals surface area contributed by atoms with Crippen LogP contribution in [0.15, 0.2) is 18.2 Å². The van der Waals surface area contributed by atoms with Gasteiger partial charge < -0.3 is 10.2 Å². The second-order valence-electron chi connectivity index (χ2n) is 5.14. The zero-order chi connectivity index (χ0) is 14.3. The fourth-order valence-corrected chi connectivity index (χ4v) is 2.08. The van der Waals surface area contributed by atoms with Gasteiger partial charge in [0.2, 0.25) is 0 Å². The number of nitrogens with one attached hydrogen (secondary N) is 1. The van der Waals surface area contributed by atoms with E-state index in [1.54, 1.807) is 0 Å². The number of nitrogens with zero attached hydrogens (tertiary/aromatic N) is 2. The molecule has 0 aliphatic heterocycles. The van der Waals surface area contributed by atoms with Crippen LogP contribution in [-0.2, 0) is 6.54 Å². The Hall–Kier alpha value is -1.53. The predicted molar refractivity (Wildman–Crippen MR) is 81.3 cm³/mol. The Morgan fingerprint density at radius 3 is 2.68 bits per heavy atom. The summed E-state index contributed by atoms with van der Waals surface area (Å²) in [5.74, 6) is 0.637. The number of hydrogen-bond acceptors (Lipinski definition) is 3. The molecule has 3 heteroatoms. The summed E-state index contributed by atoms with van der Waals surface area (Å²) in [5, 5.41) is 12.6. The van der Waals surface area contributed by atoms with Crippen molar-refractivity contribution in [3.8, 4) is 6.07 Å². The van der Waals surface area contributed by atoms with Gasteiger partial charge >= 0.3 is 0 Å². The summed E-state index contributed by atoms with van der Waals surface area (Å²) >= 11 is 0. The van der Waals surface area contributed by atoms with Crippen LogP contribution in [0.3, 0.4) is 0 Å². The van der Waals surface area contributed by atoms with Crippen LogP contribution >= 0.6 is 0 Å². The van der Waals surface area contributed by atoms with Crippen molar-refractivity contribution in [2.75, 3.05) is 25.0 Å². The Morgan fingerprint density at radius 1 is 1.37 bits per heavy atom. The van der Waals surface area contributed by atoms with Gasteiger partial charge in [-0.3, -0.25) is 0 Å². The molecule has 1 aromatic carbocycles. The maximum atomic E-state index is 9.31. The second-order valence-corrected chi connectivity index (χ2v) is 5.14. The maximum Gasteiger partial charge on any atom is 0.101 e. The van der Waals surface area contributed by atoms with Gasteiger partial charge in [-0.05, 0) is 30.2 Å². The van der Waals surface area contributed by atoms with E-state index in [1.807, 2.05) is 6.07 Å². The molecule has 1 aromatic rings. The van der Waals surface area contributed by atoms with Crippen LogP contribution in [0.4, 0.5) is 5.69 Å². The number of hydrogen-bond donors (Lipinski definition) is 1. The lowest BCUT2D eigenvalue weighted by Gasteiger charge is -2.24. The van der Waals surface area contributed by atoms with Crippen LogP contribution in [0, 0.1) is 17.2 Å². The molecule has 0 heterocycles. The SMILES string of the molecule is CCNCc1ccc(N(C)CC(C)CC)c(C#N)c1. The molecule has 0 aromatic heterocycles. The summed E-state index contributed by atoms with van der Waals surface area (Å²) in [4.78, 5) is 2.18. The normalized spacial score (nSPS) is 11.9. The molecule has 3 nitrogen and oxygen atoms in total. The molecule has 0 saturated carbocycles. The third-order valence-corrected chi connectivity index (χ3v) is 3.45. The molecule has 0 amide bonds. The van der Waals surface area contributed by atoms with Gasteiger partial charge in [0.1, 0.15) is 6.07 Å². The Morgan fingerprint density at radius 2 is 2.11 bits per heavy atom. The van der Waals surface area contributed by atoms with E-state index in [9.17, 15) is 5.26 Å². The molecule has 1 rings (SSSR count). The van der Waals surface area contributed by atoms with E-state index in [4.69, 9.17) is 0 Å². The van der Waals surface area contributed by atoms with Crippen molar-refractivity contribution in [2.45, 2.75) is 33.7 Å². The summed E-state index contributed by atoms with van der Waals surface area (Å²) in [7, 11) is 2.06. The Balaban J connectivity index is 2.86. The monoisotopic (exact) mass is 259 g/mol. The lowest BCUT2D eigenvalue weighted by atomic mass is 10.1. The highest BCUT2D eigenvalue weighted by Crippen LogP contribution is 2.21. The third kappa shape index (κ3) is 4.57. The summed E-state index contributed by atoms with van der Waals surface area (Å²) in [6, 6.07) is 8.47. The van der Waals surface area contributed by atoms with Crippen LogP contribution in [-0.4, -0.2) is 20.1 Å². The number of anilines is 1. The van der Waals surface area contributed by atoms with E-state index in [-0.39, 0.29) is 0 Å². The maximum absolute atomic E-state index is 9.31. The van der Waals surface area contributed by atoms with Crippen molar-refractivity contribution in [3.63, 3.8) is 0 Å². The lowest BCUT2D eigenvalue weighted by Crippen LogP contribution is -2.24. The van der Waals surface area contributed by atoms with Gasteiger partial charge in [-0.15, -0.1) is 0 Å². The van der Waals surface area contributed by atoms with Gasteiger partial charge in [0.05, 0.1) is 11.3 Å². The van der Waals surface area contributed by atoms with Gasteiger partial charge in [0.25, 0.3) is 0 Å². The molecule has 19 heavy (non-hydrogen) atoms. The highest BCUT2D eigenvalue weighted by Gasteiger charge is 2.10. The largest absolute Gasteiger partial charge is 0.373 e. The van der Waals surface area contributed by atoms with E-state index < -0.39 is 0 Å². The van der Waals surface area contributed by atoms with Gasteiger partial charge in [-0.2, -0.15) is 5.26 Å². The van der Waals surface area contributed by atoms with Gasteiger partial charge in [-0.25, -0.2) is 0 Å². The first kappa shape index (κ1) is 15.5. The molecule has 0 saturated heterocycles. The fourth-order valence-electron chi connectivity index (χ4n) is 2.08. The standard InChI is InChI=1S/C16H25N3/c1-5-13(3)12-19(4)16-8-7-14(11-18-6-2)9-15(16)10-17/h7-9,13,18H,5-6,11-12H2,1-4H3. The molecule has 0 radical (unpaired) electrons. The molecule has 0 spiro atoms. The van der Waals surface area contributed by atoms with E-state index in [0.29, 0.717) is 5.92 Å². The molecular formula is C16H25N3. The van der Waals surface area contributed by atoms with Crippen molar-refractivity contribution < 1.29 is 0 Å². The minimum absolute atomic E-state index is 0.637. The molecule has 1 unspecified atom stereocenters. The highest BCUT2D eigenvalue weighted by molar-refractivity contribution is 5.60. The molecule has 0 bridgehead atoms. The average Bonchev–Trinajstić information content (AvgIpc) is 2.44. The Labute approximate surface area is 117 Å². The summed E-state index contributed by atoms with van der Waals surface area (Å²) in [5.41, 5.74) is 2.96. The summed E-state index contributed by atoms with van der Waals surface area (Å²) in [6.45, 7) is 9.26. The Kier molecular flexibility index (Phi) is 6.38. The van der Waals surface area contributed by atoms with Crippen molar-refractivity contribution in [1.29, 1.82) is 5.26 Å². The van der Waals surface area contributed by atoms with E-state index in [2.05, 4.69) is 56.2 Å². The van der Waals surface area contributed by atoms with Crippen LogP contribution in [0.1, 0.15) is 38.3 Å². The van der Waals surface area contributed by atoms with Crippen molar-refractivity contribution in [2.24, 2.45) is 5.92 Å². The van der Waals surface area contributed by atoms with Crippen LogP contribution < -0.4 is 10.2 Å². The first-order valence-electron chi connectivity index (χ1n) is 7.07. The second kappa shape index (κ2) is 7.81. The number of benzene rings is 1. The zero-order valence-corrected chi connectivity index (χ0v) is 12.5. The summed E-state index contributed by atoms with van der Waals surface area (Å²) < 4.78 is 0. The first-order chi connectivity index (χ1) is 9.12. The van der Waals surface area contributed by atoms with Gasteiger partial charge in [0.15, 0.2) is 0 Å². The molecule has 1 N–H and O–H groups in total. The molecule has 0 aliphatic carbocycles. The van der Waals surface area contributed by atoms with Crippen molar-refractivity contribution in [3.05, 3.63) is 29.3 Å². The molecule has 0 aliphatic rings. The van der Waals surface area contributed by atoms with Crippen molar-refractivity contribution >= 4 is 5.69 Å². The molecule has 0 fully saturated rings. The molecule has 104 valence electrons. The lowest BCUT2D eigenvalue weighted by molar-refractivity contribution is 0.559. The van der Waals surface area contributed by atoms with Crippen LogP contribution in [0.2, 0.25) is 0 Å². The predicted octanol–water partition coefficient (Wildman–Crippen LogP) is 3.15. The van der Waals surface area contributed by atoms with E-state index >= 15 is 0 Å². The van der Waals surface area contributed by atoms with Gasteiger partial charge in [-0.1, -0.05) is 33.3 Å².